The van der Waals surface area contributed by atoms with Crippen molar-refractivity contribution >= 4 is 6.09 Å². The molecular formula is C11H15NO2. The number of rotatable bonds is 3. The van der Waals surface area contributed by atoms with E-state index in [0.717, 1.165) is 6.42 Å². The lowest BCUT2D eigenvalue weighted by molar-refractivity contribution is 0.109. The van der Waals surface area contributed by atoms with Crippen LogP contribution in [0.3, 0.4) is 0 Å². The van der Waals surface area contributed by atoms with Gasteiger partial charge in [-0.3, -0.25) is 0 Å². The zero-order valence-corrected chi connectivity index (χ0v) is 8.49. The first-order chi connectivity index (χ1) is 6.72. The molecule has 0 aliphatic carbocycles. The number of hydrogen-bond donors (Lipinski definition) is 1. The standard InChI is InChI=1S/C11H15NO2/c1-9(14-11(13)12-2)8-10-6-4-3-5-7-10/h3-7,9H,8H2,1-2H3,(H,12,13). The number of ether oxygens (including phenoxy) is 1. The molecule has 0 aliphatic rings. The van der Waals surface area contributed by atoms with Crippen molar-refractivity contribution < 1.29 is 9.53 Å². The van der Waals surface area contributed by atoms with Gasteiger partial charge in [0.05, 0.1) is 0 Å². The van der Waals surface area contributed by atoms with Gasteiger partial charge in [0, 0.05) is 13.5 Å². The summed E-state index contributed by atoms with van der Waals surface area (Å²) in [5.74, 6) is 0. The summed E-state index contributed by atoms with van der Waals surface area (Å²) < 4.78 is 5.05. The van der Waals surface area contributed by atoms with Crippen molar-refractivity contribution in [3.8, 4) is 0 Å². The SMILES string of the molecule is CNC(=O)OC(C)Cc1ccccc1. The molecule has 0 spiro atoms. The first kappa shape index (κ1) is 10.6. The number of carbonyl (C=O) groups is 1. The molecule has 1 rings (SSSR count). The summed E-state index contributed by atoms with van der Waals surface area (Å²) in [6, 6.07) is 9.95. The highest BCUT2D eigenvalue weighted by Crippen LogP contribution is 2.05. The summed E-state index contributed by atoms with van der Waals surface area (Å²) >= 11 is 0. The Hall–Kier alpha value is -1.51. The fraction of sp³-hybridized carbons (Fsp3) is 0.364. The lowest BCUT2D eigenvalue weighted by atomic mass is 10.1. The molecule has 0 aliphatic heterocycles. The molecule has 3 heteroatoms. The first-order valence-electron chi connectivity index (χ1n) is 4.64. The molecule has 1 unspecified atom stereocenters. The van der Waals surface area contributed by atoms with Gasteiger partial charge in [-0.25, -0.2) is 4.79 Å². The third-order valence-electron chi connectivity index (χ3n) is 1.88. The molecule has 1 aromatic carbocycles. The topological polar surface area (TPSA) is 38.3 Å². The molecule has 0 aromatic heterocycles. The lowest BCUT2D eigenvalue weighted by Crippen LogP contribution is -2.25. The van der Waals surface area contributed by atoms with Crippen LogP contribution >= 0.6 is 0 Å². The number of benzene rings is 1. The second-order valence-electron chi connectivity index (χ2n) is 3.16. The summed E-state index contributed by atoms with van der Waals surface area (Å²) in [4.78, 5) is 10.9. The summed E-state index contributed by atoms with van der Waals surface area (Å²) in [5.41, 5.74) is 1.17. The predicted octanol–water partition coefficient (Wildman–Crippen LogP) is 1.97. The average Bonchev–Trinajstić information content (AvgIpc) is 2.19. The van der Waals surface area contributed by atoms with Crippen LogP contribution in [0.15, 0.2) is 30.3 Å². The van der Waals surface area contributed by atoms with Crippen LogP contribution in [0.1, 0.15) is 12.5 Å². The molecule has 1 atom stereocenters. The Labute approximate surface area is 84.1 Å². The van der Waals surface area contributed by atoms with E-state index in [0.29, 0.717) is 0 Å². The summed E-state index contributed by atoms with van der Waals surface area (Å²) in [6.45, 7) is 1.88. The van der Waals surface area contributed by atoms with Crippen LogP contribution in [0.2, 0.25) is 0 Å². The van der Waals surface area contributed by atoms with Crippen molar-refractivity contribution in [2.45, 2.75) is 19.4 Å². The second-order valence-corrected chi connectivity index (χ2v) is 3.16. The molecule has 1 N–H and O–H groups in total. The Balaban J connectivity index is 2.41. The summed E-state index contributed by atoms with van der Waals surface area (Å²) in [7, 11) is 1.55. The monoisotopic (exact) mass is 193 g/mol. The van der Waals surface area contributed by atoms with Crippen molar-refractivity contribution in [1.29, 1.82) is 0 Å². The normalized spacial score (nSPS) is 11.9. The highest BCUT2D eigenvalue weighted by molar-refractivity contribution is 5.66. The highest BCUT2D eigenvalue weighted by atomic mass is 16.6. The largest absolute Gasteiger partial charge is 0.446 e. The van der Waals surface area contributed by atoms with Gasteiger partial charge in [0.2, 0.25) is 0 Å². The van der Waals surface area contributed by atoms with E-state index in [2.05, 4.69) is 5.32 Å². The average molecular weight is 193 g/mol. The Kier molecular flexibility index (Phi) is 3.98. The molecule has 14 heavy (non-hydrogen) atoms. The molecule has 1 aromatic rings. The van der Waals surface area contributed by atoms with Crippen molar-refractivity contribution in [3.63, 3.8) is 0 Å². The van der Waals surface area contributed by atoms with Crippen LogP contribution in [-0.2, 0) is 11.2 Å². The smallest absolute Gasteiger partial charge is 0.407 e. The maximum Gasteiger partial charge on any atom is 0.407 e. The zero-order valence-electron chi connectivity index (χ0n) is 8.49. The van der Waals surface area contributed by atoms with Crippen LogP contribution in [0.5, 0.6) is 0 Å². The maximum absolute atomic E-state index is 10.9. The number of nitrogens with one attached hydrogen (secondary N) is 1. The minimum absolute atomic E-state index is 0.0997. The Morgan fingerprint density at radius 1 is 1.43 bits per heavy atom. The molecule has 0 bridgehead atoms. The van der Waals surface area contributed by atoms with Crippen molar-refractivity contribution in [1.82, 2.24) is 5.32 Å². The van der Waals surface area contributed by atoms with E-state index < -0.39 is 0 Å². The Morgan fingerprint density at radius 2 is 2.07 bits per heavy atom. The second kappa shape index (κ2) is 5.27. The zero-order chi connectivity index (χ0) is 10.4. The van der Waals surface area contributed by atoms with Gasteiger partial charge in [-0.1, -0.05) is 30.3 Å². The number of hydrogen-bond acceptors (Lipinski definition) is 2. The molecule has 0 heterocycles. The summed E-state index contributed by atoms with van der Waals surface area (Å²) in [5, 5.41) is 2.42. The molecule has 1 amide bonds. The van der Waals surface area contributed by atoms with Gasteiger partial charge in [-0.05, 0) is 12.5 Å². The van der Waals surface area contributed by atoms with E-state index in [-0.39, 0.29) is 12.2 Å². The molecule has 0 saturated heterocycles. The minimum atomic E-state index is -0.381. The third-order valence-corrected chi connectivity index (χ3v) is 1.88. The van der Waals surface area contributed by atoms with Crippen LogP contribution in [-0.4, -0.2) is 19.2 Å². The molecule has 0 saturated carbocycles. The van der Waals surface area contributed by atoms with Crippen molar-refractivity contribution in [2.75, 3.05) is 7.05 Å². The van der Waals surface area contributed by atoms with E-state index in [1.807, 2.05) is 37.3 Å². The van der Waals surface area contributed by atoms with Crippen LogP contribution in [0.4, 0.5) is 4.79 Å². The van der Waals surface area contributed by atoms with Gasteiger partial charge < -0.3 is 10.1 Å². The number of alkyl carbamates (subject to hydrolysis) is 1. The van der Waals surface area contributed by atoms with Crippen LogP contribution in [0, 0.1) is 0 Å². The third kappa shape index (κ3) is 3.47. The minimum Gasteiger partial charge on any atom is -0.446 e. The fourth-order valence-electron chi connectivity index (χ4n) is 1.23. The van der Waals surface area contributed by atoms with E-state index in [1.54, 1.807) is 7.05 Å². The lowest BCUT2D eigenvalue weighted by Gasteiger charge is -2.12. The number of amides is 1. The van der Waals surface area contributed by atoms with Gasteiger partial charge in [0.25, 0.3) is 0 Å². The fourth-order valence-corrected chi connectivity index (χ4v) is 1.23. The van der Waals surface area contributed by atoms with Crippen molar-refractivity contribution in [2.24, 2.45) is 0 Å². The summed E-state index contributed by atoms with van der Waals surface area (Å²) in [6.07, 6.45) is 0.264. The van der Waals surface area contributed by atoms with E-state index in [4.69, 9.17) is 4.74 Å². The predicted molar refractivity (Wildman–Crippen MR) is 55.1 cm³/mol. The Morgan fingerprint density at radius 3 is 2.64 bits per heavy atom. The molecule has 0 radical (unpaired) electrons. The van der Waals surface area contributed by atoms with Gasteiger partial charge >= 0.3 is 6.09 Å². The Bertz CT molecular complexity index is 285. The van der Waals surface area contributed by atoms with Crippen LogP contribution in [0.25, 0.3) is 0 Å². The van der Waals surface area contributed by atoms with Gasteiger partial charge in [-0.15, -0.1) is 0 Å². The van der Waals surface area contributed by atoms with E-state index >= 15 is 0 Å². The van der Waals surface area contributed by atoms with E-state index in [9.17, 15) is 4.79 Å². The number of carbonyl (C=O) groups excluding carboxylic acids is 1. The molecule has 0 fully saturated rings. The van der Waals surface area contributed by atoms with Gasteiger partial charge in [-0.2, -0.15) is 0 Å². The highest BCUT2D eigenvalue weighted by Gasteiger charge is 2.07. The quantitative estimate of drug-likeness (QED) is 0.797. The van der Waals surface area contributed by atoms with Gasteiger partial charge in [0.1, 0.15) is 6.10 Å². The maximum atomic E-state index is 10.9. The molecule has 3 nitrogen and oxygen atoms in total. The van der Waals surface area contributed by atoms with Gasteiger partial charge in [0.15, 0.2) is 0 Å². The molecule has 76 valence electrons. The van der Waals surface area contributed by atoms with E-state index in [1.165, 1.54) is 5.56 Å². The van der Waals surface area contributed by atoms with Crippen LogP contribution < -0.4 is 5.32 Å². The first-order valence-corrected chi connectivity index (χ1v) is 4.64. The molecular weight excluding hydrogens is 178 g/mol. The van der Waals surface area contributed by atoms with Crippen molar-refractivity contribution in [3.05, 3.63) is 35.9 Å².